The summed E-state index contributed by atoms with van der Waals surface area (Å²) >= 11 is 5.95. The minimum atomic E-state index is -3.40. The Labute approximate surface area is 99.8 Å². The molecule has 0 radical (unpaired) electrons. The van der Waals surface area contributed by atoms with Crippen molar-refractivity contribution in [2.24, 2.45) is 0 Å². The van der Waals surface area contributed by atoms with Crippen molar-refractivity contribution < 1.29 is 12.6 Å². The fourth-order valence-corrected chi connectivity index (χ4v) is 2.88. The quantitative estimate of drug-likeness (QED) is 0.766. The largest absolute Gasteiger partial charge is 0.273 e. The molecule has 3 nitrogen and oxygen atoms in total. The van der Waals surface area contributed by atoms with Crippen LogP contribution >= 0.6 is 11.6 Å². The second-order valence-corrected chi connectivity index (χ2v) is 5.76. The van der Waals surface area contributed by atoms with Gasteiger partial charge in [-0.15, -0.1) is 0 Å². The predicted molar refractivity (Wildman–Crippen MR) is 63.8 cm³/mol. The minimum Gasteiger partial charge on any atom is -0.270 e. The number of benzene rings is 1. The van der Waals surface area contributed by atoms with E-state index in [2.05, 4.69) is 4.18 Å². The molecule has 16 heavy (non-hydrogen) atoms. The van der Waals surface area contributed by atoms with Crippen LogP contribution in [-0.4, -0.2) is 20.3 Å². The van der Waals surface area contributed by atoms with E-state index in [0.29, 0.717) is 11.4 Å². The monoisotopic (exact) mass is 258 g/mol. The lowest BCUT2D eigenvalue weighted by Gasteiger charge is -2.01. The van der Waals surface area contributed by atoms with Crippen molar-refractivity contribution in [2.75, 3.05) is 6.61 Å². The molecule has 86 valence electrons. The Morgan fingerprint density at radius 1 is 1.38 bits per heavy atom. The number of hydrogen-bond donors (Lipinski definition) is 0. The molecule has 1 saturated heterocycles. The maximum Gasteiger partial charge on any atom is 0.273 e. The average Bonchev–Trinajstić information content (AvgIpc) is 2.57. The van der Waals surface area contributed by atoms with Gasteiger partial charge in [0.25, 0.3) is 10.1 Å². The lowest BCUT2D eigenvalue weighted by Crippen LogP contribution is -2.11. The summed E-state index contributed by atoms with van der Waals surface area (Å²) in [5.74, 6) is 0. The summed E-state index contributed by atoms with van der Waals surface area (Å²) in [6.07, 6.45) is 3.85. The van der Waals surface area contributed by atoms with Crippen molar-refractivity contribution in [1.29, 1.82) is 0 Å². The summed E-state index contributed by atoms with van der Waals surface area (Å²) in [7, 11) is -3.40. The predicted octanol–water partition coefficient (Wildman–Crippen LogP) is 2.47. The first-order valence-electron chi connectivity index (χ1n) is 4.90. The van der Waals surface area contributed by atoms with Crippen LogP contribution in [0.25, 0.3) is 6.08 Å². The second-order valence-electron chi connectivity index (χ2n) is 3.52. The first-order valence-corrected chi connectivity index (χ1v) is 6.75. The molecule has 0 aromatic heterocycles. The molecule has 0 aliphatic carbocycles. The van der Waals surface area contributed by atoms with E-state index < -0.39 is 15.4 Å². The van der Waals surface area contributed by atoms with Crippen LogP contribution in [0.5, 0.6) is 0 Å². The van der Waals surface area contributed by atoms with Crippen molar-refractivity contribution in [1.82, 2.24) is 0 Å². The van der Waals surface area contributed by atoms with E-state index in [1.807, 2.05) is 18.2 Å². The SMILES string of the molecule is O=S1(=O)OCCC1/C=C/c1ccccc1Cl. The molecule has 0 spiro atoms. The van der Waals surface area contributed by atoms with Gasteiger partial charge >= 0.3 is 0 Å². The maximum atomic E-state index is 11.4. The molecule has 1 heterocycles. The smallest absolute Gasteiger partial charge is 0.270 e. The molecule has 0 saturated carbocycles. The molecule has 1 aromatic carbocycles. The van der Waals surface area contributed by atoms with Gasteiger partial charge in [0.05, 0.1) is 6.61 Å². The Hall–Kier alpha value is -0.840. The van der Waals surface area contributed by atoms with Crippen LogP contribution in [0.15, 0.2) is 30.3 Å². The fourth-order valence-electron chi connectivity index (χ4n) is 1.53. The van der Waals surface area contributed by atoms with Gasteiger partial charge in [-0.05, 0) is 18.1 Å². The molecule has 2 rings (SSSR count). The summed E-state index contributed by atoms with van der Waals surface area (Å²) in [6, 6.07) is 7.28. The van der Waals surface area contributed by atoms with Crippen LogP contribution in [0.4, 0.5) is 0 Å². The topological polar surface area (TPSA) is 43.4 Å². The third-order valence-corrected chi connectivity index (χ3v) is 4.39. The third kappa shape index (κ3) is 2.45. The summed E-state index contributed by atoms with van der Waals surface area (Å²) in [4.78, 5) is 0. The van der Waals surface area contributed by atoms with Gasteiger partial charge in [-0.2, -0.15) is 8.42 Å². The number of halogens is 1. The minimum absolute atomic E-state index is 0.264. The molecule has 5 heteroatoms. The molecule has 1 atom stereocenters. The Morgan fingerprint density at radius 3 is 2.75 bits per heavy atom. The summed E-state index contributed by atoms with van der Waals surface area (Å²) < 4.78 is 27.4. The van der Waals surface area contributed by atoms with E-state index in [-0.39, 0.29) is 6.61 Å². The number of rotatable bonds is 2. The summed E-state index contributed by atoms with van der Waals surface area (Å²) in [6.45, 7) is 0.264. The van der Waals surface area contributed by atoms with Crippen LogP contribution in [0, 0.1) is 0 Å². The zero-order chi connectivity index (χ0) is 11.6. The van der Waals surface area contributed by atoms with Crippen molar-refractivity contribution >= 4 is 27.8 Å². The van der Waals surface area contributed by atoms with Crippen LogP contribution in [0.3, 0.4) is 0 Å². The van der Waals surface area contributed by atoms with Gasteiger partial charge in [-0.25, -0.2) is 0 Å². The summed E-state index contributed by atoms with van der Waals surface area (Å²) in [5.41, 5.74) is 0.811. The first kappa shape index (κ1) is 11.6. The molecular weight excluding hydrogens is 248 g/mol. The van der Waals surface area contributed by atoms with E-state index in [1.165, 1.54) is 0 Å². The third-order valence-electron chi connectivity index (χ3n) is 2.42. The van der Waals surface area contributed by atoms with E-state index in [1.54, 1.807) is 18.2 Å². The van der Waals surface area contributed by atoms with Crippen LogP contribution in [0.1, 0.15) is 12.0 Å². The van der Waals surface area contributed by atoms with Crippen molar-refractivity contribution in [3.63, 3.8) is 0 Å². The van der Waals surface area contributed by atoms with Gasteiger partial charge in [-0.3, -0.25) is 4.18 Å². The zero-order valence-electron chi connectivity index (χ0n) is 8.47. The van der Waals surface area contributed by atoms with Gasteiger partial charge in [0.2, 0.25) is 0 Å². The normalized spacial score (nSPS) is 23.9. The van der Waals surface area contributed by atoms with Gasteiger partial charge in [-0.1, -0.05) is 42.0 Å². The van der Waals surface area contributed by atoms with Gasteiger partial charge in [0, 0.05) is 5.02 Å². The molecule has 1 fully saturated rings. The Bertz CT molecular complexity index is 508. The standard InChI is InChI=1S/C11H11ClO3S/c12-11-4-2-1-3-9(11)5-6-10-7-8-15-16(10,13)14/h1-6,10H,7-8H2/b6-5+. The van der Waals surface area contributed by atoms with E-state index >= 15 is 0 Å². The molecule has 0 amide bonds. The van der Waals surface area contributed by atoms with Gasteiger partial charge < -0.3 is 0 Å². The lowest BCUT2D eigenvalue weighted by molar-refractivity contribution is 0.354. The Kier molecular flexibility index (Phi) is 3.33. The highest BCUT2D eigenvalue weighted by Gasteiger charge is 2.30. The van der Waals surface area contributed by atoms with Crippen LogP contribution < -0.4 is 0 Å². The Balaban J connectivity index is 2.19. The van der Waals surface area contributed by atoms with Crippen LogP contribution in [0.2, 0.25) is 5.02 Å². The summed E-state index contributed by atoms with van der Waals surface area (Å²) in [5, 5.41) is 0.0545. The lowest BCUT2D eigenvalue weighted by atomic mass is 10.2. The van der Waals surface area contributed by atoms with E-state index in [0.717, 1.165) is 5.56 Å². The highest BCUT2D eigenvalue weighted by atomic mass is 35.5. The van der Waals surface area contributed by atoms with E-state index in [4.69, 9.17) is 11.6 Å². The van der Waals surface area contributed by atoms with Gasteiger partial charge in [0.1, 0.15) is 5.25 Å². The van der Waals surface area contributed by atoms with Crippen molar-refractivity contribution in [2.45, 2.75) is 11.7 Å². The fraction of sp³-hybridized carbons (Fsp3) is 0.273. The zero-order valence-corrected chi connectivity index (χ0v) is 10.0. The van der Waals surface area contributed by atoms with Crippen LogP contribution in [-0.2, 0) is 14.3 Å². The molecule has 1 aliphatic heterocycles. The number of hydrogen-bond acceptors (Lipinski definition) is 3. The highest BCUT2D eigenvalue weighted by Crippen LogP contribution is 2.22. The second kappa shape index (κ2) is 4.57. The molecule has 1 unspecified atom stereocenters. The Morgan fingerprint density at radius 2 is 2.12 bits per heavy atom. The average molecular weight is 259 g/mol. The highest BCUT2D eigenvalue weighted by molar-refractivity contribution is 7.87. The molecule has 0 N–H and O–H groups in total. The molecule has 0 bridgehead atoms. The van der Waals surface area contributed by atoms with E-state index in [9.17, 15) is 8.42 Å². The van der Waals surface area contributed by atoms with Gasteiger partial charge in [0.15, 0.2) is 0 Å². The maximum absolute atomic E-state index is 11.4. The molecule has 1 aliphatic rings. The molecular formula is C11H11ClO3S. The van der Waals surface area contributed by atoms with Crippen molar-refractivity contribution in [3.05, 3.63) is 40.9 Å². The van der Waals surface area contributed by atoms with Crippen molar-refractivity contribution in [3.8, 4) is 0 Å². The first-order chi connectivity index (χ1) is 7.59. The molecule has 1 aromatic rings.